The number of aromatic nitrogens is 2. The van der Waals surface area contributed by atoms with E-state index in [-0.39, 0.29) is 84.4 Å². The Hall–Kier alpha value is -3.76. The molecule has 1 N–H and O–H groups in total. The van der Waals surface area contributed by atoms with Crippen LogP contribution in [-0.4, -0.2) is 80.4 Å². The van der Waals surface area contributed by atoms with Gasteiger partial charge in [0.25, 0.3) is 0 Å². The number of aromatic carboxylic acids is 1. The molecule has 2 saturated heterocycles. The van der Waals surface area contributed by atoms with Crippen molar-refractivity contribution in [3.63, 3.8) is 0 Å². The number of nitriles is 1. The fourth-order valence-corrected chi connectivity index (χ4v) is 5.60. The molecule has 4 rings (SSSR count). The van der Waals surface area contributed by atoms with Gasteiger partial charge in [0.05, 0.1) is 32.6 Å². The number of hydrogen-bond acceptors (Lipinski definition) is 8. The molecule has 2 aliphatic heterocycles. The van der Waals surface area contributed by atoms with Gasteiger partial charge in [-0.15, -0.1) is 0 Å². The van der Waals surface area contributed by atoms with Gasteiger partial charge < -0.3 is 24.4 Å². The molecule has 0 radical (unpaired) electrons. The van der Waals surface area contributed by atoms with E-state index in [4.69, 9.17) is 43.0 Å². The molecule has 0 aromatic carbocycles. The van der Waals surface area contributed by atoms with E-state index >= 15 is 8.78 Å². The molecular formula is C32H39Cl2F2N5O6. The van der Waals surface area contributed by atoms with Gasteiger partial charge in [0.2, 0.25) is 0 Å². The Bertz CT molecular complexity index is 1520. The number of carbonyl (C=O) groups is 3. The molecule has 2 aliphatic rings. The Labute approximate surface area is 282 Å². The maximum absolute atomic E-state index is 15.2. The maximum atomic E-state index is 15.2. The second-order valence-electron chi connectivity index (χ2n) is 13.4. The minimum Gasteiger partial charge on any atom is -0.478 e. The Kier molecular flexibility index (Phi) is 11.7. The third-order valence-electron chi connectivity index (χ3n) is 7.32. The molecule has 11 nitrogen and oxygen atoms in total. The van der Waals surface area contributed by atoms with E-state index in [1.54, 1.807) is 41.5 Å². The minimum atomic E-state index is -1.80. The predicted octanol–water partition coefficient (Wildman–Crippen LogP) is 7.43. The summed E-state index contributed by atoms with van der Waals surface area (Å²) in [6.07, 6.45) is 1.68. The summed E-state index contributed by atoms with van der Waals surface area (Å²) in [5.74, 6) is -1.18. The van der Waals surface area contributed by atoms with Crippen LogP contribution in [0, 0.1) is 11.3 Å². The SMILES string of the molecule is CC(C)(C)OC(=O)N1CCC(F)(c2ncc(C#N)cc2Cl)CC1.CC(C)(C)OC(=O)N1CCC(F)(c2ncc(C(=O)O)cc2Cl)CC1. The zero-order valence-corrected chi connectivity index (χ0v) is 28.7. The average Bonchev–Trinajstić information content (AvgIpc) is 2.96. The van der Waals surface area contributed by atoms with E-state index in [9.17, 15) is 14.4 Å². The Morgan fingerprint density at radius 2 is 1.19 bits per heavy atom. The molecule has 47 heavy (non-hydrogen) atoms. The molecular weight excluding hydrogens is 659 g/mol. The summed E-state index contributed by atoms with van der Waals surface area (Å²) in [7, 11) is 0. The lowest BCUT2D eigenvalue weighted by Gasteiger charge is -2.37. The number of hydrogen-bond donors (Lipinski definition) is 1. The van der Waals surface area contributed by atoms with Crippen LogP contribution < -0.4 is 0 Å². The number of rotatable bonds is 3. The van der Waals surface area contributed by atoms with Gasteiger partial charge in [0.1, 0.15) is 17.3 Å². The lowest BCUT2D eigenvalue weighted by Crippen LogP contribution is -2.45. The lowest BCUT2D eigenvalue weighted by atomic mass is 9.89. The van der Waals surface area contributed by atoms with Crippen molar-refractivity contribution in [1.82, 2.24) is 19.8 Å². The molecule has 2 aromatic rings. The first-order valence-corrected chi connectivity index (χ1v) is 15.7. The Morgan fingerprint density at radius 3 is 1.51 bits per heavy atom. The number of amides is 2. The van der Waals surface area contributed by atoms with Crippen molar-refractivity contribution in [3.8, 4) is 6.07 Å². The zero-order chi connectivity index (χ0) is 35.4. The van der Waals surface area contributed by atoms with Crippen LogP contribution in [0.4, 0.5) is 18.4 Å². The minimum absolute atomic E-state index is 0.0120. The summed E-state index contributed by atoms with van der Waals surface area (Å²) >= 11 is 12.1. The van der Waals surface area contributed by atoms with Gasteiger partial charge in [-0.25, -0.2) is 23.2 Å². The maximum Gasteiger partial charge on any atom is 0.410 e. The van der Waals surface area contributed by atoms with Crippen molar-refractivity contribution in [2.75, 3.05) is 26.2 Å². The summed E-state index contributed by atoms with van der Waals surface area (Å²) in [4.78, 5) is 45.8. The first kappa shape index (κ1) is 37.7. The van der Waals surface area contributed by atoms with E-state index < -0.39 is 40.7 Å². The molecule has 0 unspecified atom stereocenters. The second-order valence-corrected chi connectivity index (χ2v) is 14.2. The fourth-order valence-electron chi connectivity index (χ4n) is 4.93. The molecule has 0 saturated carbocycles. The molecule has 2 aromatic heterocycles. The van der Waals surface area contributed by atoms with Crippen LogP contribution >= 0.6 is 23.2 Å². The van der Waals surface area contributed by atoms with Crippen LogP contribution in [-0.2, 0) is 20.8 Å². The van der Waals surface area contributed by atoms with Crippen LogP contribution in [0.25, 0.3) is 0 Å². The van der Waals surface area contributed by atoms with Crippen molar-refractivity contribution in [3.05, 3.63) is 57.1 Å². The van der Waals surface area contributed by atoms with E-state index in [0.29, 0.717) is 0 Å². The predicted molar refractivity (Wildman–Crippen MR) is 170 cm³/mol. The lowest BCUT2D eigenvalue weighted by molar-refractivity contribution is 0.000105. The second kappa shape index (κ2) is 14.6. The molecule has 4 heterocycles. The molecule has 0 atom stereocenters. The number of carboxylic acid groups (broad SMARTS) is 1. The first-order valence-electron chi connectivity index (χ1n) is 15.0. The van der Waals surface area contributed by atoms with Crippen LogP contribution in [0.1, 0.15) is 94.5 Å². The van der Waals surface area contributed by atoms with Gasteiger partial charge in [-0.1, -0.05) is 23.2 Å². The zero-order valence-electron chi connectivity index (χ0n) is 27.2. The number of ether oxygens (including phenoxy) is 2. The van der Waals surface area contributed by atoms with Crippen LogP contribution in [0.5, 0.6) is 0 Å². The summed E-state index contributed by atoms with van der Waals surface area (Å²) in [5, 5.41) is 17.8. The van der Waals surface area contributed by atoms with Gasteiger partial charge in [0.15, 0.2) is 11.3 Å². The summed E-state index contributed by atoms with van der Waals surface area (Å²) in [6.45, 7) is 11.4. The number of pyridine rings is 2. The highest BCUT2D eigenvalue weighted by atomic mass is 35.5. The molecule has 0 aliphatic carbocycles. The van der Waals surface area contributed by atoms with Gasteiger partial charge >= 0.3 is 18.2 Å². The van der Waals surface area contributed by atoms with E-state index in [0.717, 1.165) is 6.20 Å². The standard InChI is InChI=1S/C16H19ClFN3O2.C16H20ClFN2O4/c1-15(2,3)23-14(22)21-6-4-16(18,5-7-21)13-12(17)8-11(9-19)10-20-13;1-15(2,3)24-14(23)20-6-4-16(18,5-7-20)12-11(17)8-10(9-19-12)13(21)22/h8,10H,4-7H2,1-3H3;8-9H,4-7H2,1-3H3,(H,21,22). The number of likely N-dealkylation sites (tertiary alicyclic amines) is 2. The highest BCUT2D eigenvalue weighted by molar-refractivity contribution is 6.31. The molecule has 15 heteroatoms. The molecule has 0 spiro atoms. The van der Waals surface area contributed by atoms with Gasteiger partial charge in [-0.05, 0) is 53.7 Å². The van der Waals surface area contributed by atoms with Crippen LogP contribution in [0.2, 0.25) is 10.0 Å². The largest absolute Gasteiger partial charge is 0.478 e. The van der Waals surface area contributed by atoms with Gasteiger partial charge in [-0.2, -0.15) is 5.26 Å². The molecule has 2 fully saturated rings. The molecule has 0 bridgehead atoms. The Balaban J connectivity index is 0.000000256. The fraction of sp³-hybridized carbons (Fsp3) is 0.562. The van der Waals surface area contributed by atoms with Gasteiger partial charge in [-0.3, -0.25) is 9.97 Å². The van der Waals surface area contributed by atoms with E-state index in [1.165, 1.54) is 28.1 Å². The number of alkyl halides is 2. The van der Waals surface area contributed by atoms with Gasteiger partial charge in [0, 0.05) is 64.3 Å². The Morgan fingerprint density at radius 1 is 0.809 bits per heavy atom. The van der Waals surface area contributed by atoms with Crippen LogP contribution in [0.15, 0.2) is 24.5 Å². The van der Waals surface area contributed by atoms with Crippen molar-refractivity contribution < 1.29 is 37.7 Å². The van der Waals surface area contributed by atoms with Crippen molar-refractivity contribution in [2.45, 2.75) is 89.8 Å². The molecule has 2 amide bonds. The third-order valence-corrected chi connectivity index (χ3v) is 7.90. The monoisotopic (exact) mass is 697 g/mol. The third kappa shape index (κ3) is 10.1. The average molecular weight is 699 g/mol. The first-order chi connectivity index (χ1) is 21.7. The highest BCUT2D eigenvalue weighted by Crippen LogP contribution is 2.41. The smallest absolute Gasteiger partial charge is 0.410 e. The summed E-state index contributed by atoms with van der Waals surface area (Å²) in [5.41, 5.74) is -4.37. The number of carboxylic acids is 1. The normalized spacial score (nSPS) is 17.5. The topological polar surface area (TPSA) is 146 Å². The number of halogens is 4. The van der Waals surface area contributed by atoms with E-state index in [1.807, 2.05) is 6.07 Å². The molecule has 256 valence electrons. The summed E-state index contributed by atoms with van der Waals surface area (Å²) < 4.78 is 40.9. The van der Waals surface area contributed by atoms with Crippen molar-refractivity contribution in [2.24, 2.45) is 0 Å². The summed E-state index contributed by atoms with van der Waals surface area (Å²) in [6, 6.07) is 4.51. The highest BCUT2D eigenvalue weighted by Gasteiger charge is 2.42. The quantitative estimate of drug-likeness (QED) is 0.346. The van der Waals surface area contributed by atoms with E-state index in [2.05, 4.69) is 9.97 Å². The van der Waals surface area contributed by atoms with Crippen LogP contribution in [0.3, 0.4) is 0 Å². The number of nitrogens with zero attached hydrogens (tertiary/aromatic N) is 5. The van der Waals surface area contributed by atoms with Crippen molar-refractivity contribution in [1.29, 1.82) is 5.26 Å². The van der Waals surface area contributed by atoms with Crippen molar-refractivity contribution >= 4 is 41.4 Å². The number of piperidine rings is 2. The number of carbonyl (C=O) groups excluding carboxylic acids is 2.